The molecule has 0 aromatic heterocycles. The Labute approximate surface area is 110 Å². The number of carbonyl (C=O) groups excluding carboxylic acids is 3. The highest BCUT2D eigenvalue weighted by molar-refractivity contribution is 6.25. The second kappa shape index (κ2) is 8.96. The van der Waals surface area contributed by atoms with Crippen molar-refractivity contribution in [1.29, 1.82) is 5.53 Å². The number of carbonyl (C=O) groups is 3. The van der Waals surface area contributed by atoms with Gasteiger partial charge in [0.25, 0.3) is 0 Å². The van der Waals surface area contributed by atoms with E-state index in [1.807, 2.05) is 0 Å². The molecule has 0 aromatic rings. The van der Waals surface area contributed by atoms with E-state index in [1.165, 1.54) is 6.92 Å². The van der Waals surface area contributed by atoms with Gasteiger partial charge in [0.05, 0.1) is 23.0 Å². The molecular weight excluding hydrogens is 252 g/mol. The average Bonchev–Trinajstić information content (AvgIpc) is 2.34. The molecule has 0 fully saturated rings. The van der Waals surface area contributed by atoms with Crippen molar-refractivity contribution in [3.05, 3.63) is 0 Å². The third kappa shape index (κ3) is 7.07. The molecule has 2 atom stereocenters. The molecule has 0 heterocycles. The molecule has 4 N–H and O–H groups in total. The van der Waals surface area contributed by atoms with Gasteiger partial charge in [-0.1, -0.05) is 0 Å². The normalized spacial score (nSPS) is 12.8. The van der Waals surface area contributed by atoms with Gasteiger partial charge >= 0.3 is 12.2 Å². The lowest BCUT2D eigenvalue weighted by Gasteiger charge is -2.17. The second-order valence-corrected chi connectivity index (χ2v) is 3.87. The summed E-state index contributed by atoms with van der Waals surface area (Å²) in [5.41, 5.74) is 11.9. The third-order valence-corrected chi connectivity index (χ3v) is 2.19. The van der Waals surface area contributed by atoms with Crippen molar-refractivity contribution >= 4 is 23.9 Å². The molecule has 0 aromatic carbocycles. The zero-order valence-electron chi connectivity index (χ0n) is 11.0. The maximum atomic E-state index is 11.6. The molecule has 0 saturated heterocycles. The molecule has 8 nitrogen and oxygen atoms in total. The van der Waals surface area contributed by atoms with Crippen LogP contribution in [0.4, 0.5) is 0 Å². The van der Waals surface area contributed by atoms with Gasteiger partial charge in [0, 0.05) is 6.42 Å². The van der Waals surface area contributed by atoms with E-state index in [0.717, 1.165) is 6.21 Å². The molecule has 0 aliphatic rings. The summed E-state index contributed by atoms with van der Waals surface area (Å²) in [5, 5.41) is 2.42. The summed E-state index contributed by atoms with van der Waals surface area (Å²) >= 11 is 0. The molecule has 0 aliphatic carbocycles. The topological polar surface area (TPSA) is 136 Å². The van der Waals surface area contributed by atoms with E-state index in [4.69, 9.17) is 16.0 Å². The minimum atomic E-state index is -0.929. The van der Waals surface area contributed by atoms with Gasteiger partial charge in [0.1, 0.15) is 6.04 Å². The first-order chi connectivity index (χ1) is 8.92. The highest BCUT2D eigenvalue weighted by Gasteiger charge is 2.24. The van der Waals surface area contributed by atoms with E-state index < -0.39 is 29.7 Å². The summed E-state index contributed by atoms with van der Waals surface area (Å²) in [6, 6.07) is -1.69. The van der Waals surface area contributed by atoms with E-state index in [0.29, 0.717) is 0 Å². The van der Waals surface area contributed by atoms with Gasteiger partial charge in [-0.25, -0.2) is 4.79 Å². The number of ketones is 1. The number of nitrogens with zero attached hydrogens (tertiary/aromatic N) is 1. The van der Waals surface area contributed by atoms with Crippen molar-refractivity contribution in [3.8, 4) is 0 Å². The Hall–Kier alpha value is -2.05. The molecule has 0 saturated carbocycles. The minimum Gasteiger partial charge on any atom is -0.464 e. The molecule has 0 bridgehead atoms. The lowest BCUT2D eigenvalue weighted by atomic mass is 10.1. The van der Waals surface area contributed by atoms with Gasteiger partial charge in [-0.2, -0.15) is 0 Å². The number of nitrogens with one attached hydrogen (secondary N) is 2. The fourth-order valence-corrected chi connectivity index (χ4v) is 1.22. The van der Waals surface area contributed by atoms with Crippen LogP contribution in [0.3, 0.4) is 0 Å². The maximum absolute atomic E-state index is 11.6. The van der Waals surface area contributed by atoms with Crippen molar-refractivity contribution in [3.63, 3.8) is 0 Å². The molecule has 0 radical (unpaired) electrons. The number of esters is 1. The van der Waals surface area contributed by atoms with Gasteiger partial charge in [-0.15, -0.1) is 0 Å². The lowest BCUT2D eigenvalue weighted by Crippen LogP contribution is -2.48. The number of nitrogens with two attached hydrogens (primary N) is 1. The molecule has 106 valence electrons. The average molecular weight is 271 g/mol. The summed E-state index contributed by atoms with van der Waals surface area (Å²) in [6.45, 7) is 3.29. The quantitative estimate of drug-likeness (QED) is 0.226. The van der Waals surface area contributed by atoms with Crippen LogP contribution in [0.2, 0.25) is 0 Å². The Balaban J connectivity index is 4.58. The van der Waals surface area contributed by atoms with E-state index in [2.05, 4.69) is 10.1 Å². The molecular formula is C11H19N4O4+. The van der Waals surface area contributed by atoms with Crippen molar-refractivity contribution in [2.45, 2.75) is 38.8 Å². The van der Waals surface area contributed by atoms with Gasteiger partial charge in [0.2, 0.25) is 11.7 Å². The Morgan fingerprint density at radius 3 is 2.58 bits per heavy atom. The summed E-state index contributed by atoms with van der Waals surface area (Å²) in [5.74, 6) is -1.52. The van der Waals surface area contributed by atoms with Crippen molar-refractivity contribution < 1.29 is 23.9 Å². The fourth-order valence-electron chi connectivity index (χ4n) is 1.22. The van der Waals surface area contributed by atoms with Crippen LogP contribution in [-0.4, -0.2) is 47.4 Å². The standard InChI is InChI=1S/C11H18N4O4/c1-3-19-11(18)9(15-10(17)7(2)12)5-4-8(16)6-14-13/h6-7,9,13H,3-5,12H2,1-2H3/p+1/t7-,9-/m0/s1. The Kier molecular flexibility index (Phi) is 7.99. The first-order valence-corrected chi connectivity index (χ1v) is 5.87. The highest BCUT2D eigenvalue weighted by atomic mass is 16.5. The molecule has 19 heavy (non-hydrogen) atoms. The van der Waals surface area contributed by atoms with Crippen LogP contribution < -0.4 is 11.1 Å². The monoisotopic (exact) mass is 271 g/mol. The van der Waals surface area contributed by atoms with Crippen LogP contribution in [0.25, 0.3) is 0 Å². The van der Waals surface area contributed by atoms with Crippen LogP contribution in [0.5, 0.6) is 0 Å². The zero-order chi connectivity index (χ0) is 14.8. The van der Waals surface area contributed by atoms with Crippen LogP contribution in [-0.2, 0) is 19.1 Å². The number of hydrogen-bond acceptors (Lipinski definition) is 6. The summed E-state index contributed by atoms with van der Waals surface area (Å²) < 4.78 is 4.80. The molecule has 0 unspecified atom stereocenters. The predicted molar refractivity (Wildman–Crippen MR) is 65.5 cm³/mol. The largest absolute Gasteiger partial charge is 0.464 e. The molecule has 1 amide bonds. The van der Waals surface area contributed by atoms with Crippen molar-refractivity contribution in [2.24, 2.45) is 5.73 Å². The van der Waals surface area contributed by atoms with Crippen LogP contribution >= 0.6 is 0 Å². The van der Waals surface area contributed by atoms with Gasteiger partial charge in [-0.05, 0) is 20.3 Å². The summed E-state index contributed by atoms with van der Waals surface area (Å²) in [6.07, 6.45) is 0.892. The Bertz CT molecular complexity index is 388. The lowest BCUT2D eigenvalue weighted by molar-refractivity contribution is -0.147. The summed E-state index contributed by atoms with van der Waals surface area (Å²) in [7, 11) is 0. The second-order valence-electron chi connectivity index (χ2n) is 3.87. The van der Waals surface area contributed by atoms with Gasteiger partial charge in [0.15, 0.2) is 0 Å². The predicted octanol–water partition coefficient (Wildman–Crippen LogP) is -0.959. The molecule has 0 aliphatic heterocycles. The number of ether oxygens (including phenoxy) is 1. The Morgan fingerprint density at radius 2 is 2.11 bits per heavy atom. The van der Waals surface area contributed by atoms with E-state index >= 15 is 0 Å². The molecule has 0 rings (SSSR count). The van der Waals surface area contributed by atoms with E-state index in [-0.39, 0.29) is 19.4 Å². The van der Waals surface area contributed by atoms with E-state index in [9.17, 15) is 14.4 Å². The minimum absolute atomic E-state index is 0.0227. The van der Waals surface area contributed by atoms with Crippen LogP contribution in [0.1, 0.15) is 26.7 Å². The molecule has 8 heteroatoms. The van der Waals surface area contributed by atoms with Gasteiger partial charge < -0.3 is 15.8 Å². The Morgan fingerprint density at radius 1 is 1.47 bits per heavy atom. The SMILES string of the molecule is CCOC(=O)[C@H](CCC(=O)C=[N+]=N)NC(=O)[C@H](C)N. The fraction of sp³-hybridized carbons (Fsp3) is 0.636. The number of hydrogen-bond donors (Lipinski definition) is 3. The van der Waals surface area contributed by atoms with Gasteiger partial charge in [-0.3, -0.25) is 9.59 Å². The maximum Gasteiger partial charge on any atom is 0.372 e. The first kappa shape index (κ1) is 16.9. The van der Waals surface area contributed by atoms with Crippen molar-refractivity contribution in [2.75, 3.05) is 6.61 Å². The van der Waals surface area contributed by atoms with E-state index in [1.54, 1.807) is 6.92 Å². The van der Waals surface area contributed by atoms with Crippen LogP contribution in [0, 0.1) is 5.53 Å². The number of amides is 1. The van der Waals surface area contributed by atoms with Crippen LogP contribution in [0.15, 0.2) is 0 Å². The third-order valence-electron chi connectivity index (χ3n) is 2.19. The number of Topliss-reactive ketones (excluding diaryl/α,β-unsaturated/α-hetero) is 1. The summed E-state index contributed by atoms with van der Waals surface area (Å²) in [4.78, 5) is 37.1. The smallest absolute Gasteiger partial charge is 0.372 e. The zero-order valence-corrected chi connectivity index (χ0v) is 11.0. The highest BCUT2D eigenvalue weighted by Crippen LogP contribution is 2.01. The molecule has 0 spiro atoms. The van der Waals surface area contributed by atoms with Crippen molar-refractivity contribution in [1.82, 2.24) is 5.32 Å². The number of rotatable bonds is 8. The first-order valence-electron chi connectivity index (χ1n) is 5.87.